The summed E-state index contributed by atoms with van der Waals surface area (Å²) in [5, 5.41) is 9.83. The fraction of sp³-hybridized carbons (Fsp3) is 0.294. The van der Waals surface area contributed by atoms with Gasteiger partial charge in [-0.05, 0) is 55.7 Å². The second-order valence-electron chi connectivity index (χ2n) is 5.02. The molecule has 0 spiro atoms. The third-order valence-electron chi connectivity index (χ3n) is 3.44. The molecule has 2 rings (SSSR count). The van der Waals surface area contributed by atoms with Gasteiger partial charge in [0.2, 0.25) is 0 Å². The Bertz CT molecular complexity index is 586. The number of aryl methyl sites for hydroxylation is 2. The van der Waals surface area contributed by atoms with Gasteiger partial charge in [0.05, 0.1) is 6.10 Å². The smallest absolute Gasteiger partial charge is 0.125 e. The van der Waals surface area contributed by atoms with Gasteiger partial charge in [-0.2, -0.15) is 0 Å². The summed E-state index contributed by atoms with van der Waals surface area (Å²) < 4.78 is 6.86. The minimum Gasteiger partial charge on any atom is -0.489 e. The van der Waals surface area contributed by atoms with Crippen molar-refractivity contribution in [3.63, 3.8) is 0 Å². The average molecular weight is 335 g/mol. The molecule has 0 aliphatic heterocycles. The van der Waals surface area contributed by atoms with Crippen molar-refractivity contribution in [2.24, 2.45) is 0 Å². The fourth-order valence-corrected chi connectivity index (χ4v) is 2.58. The minimum absolute atomic E-state index is 0.514. The van der Waals surface area contributed by atoms with Crippen molar-refractivity contribution < 1.29 is 9.84 Å². The van der Waals surface area contributed by atoms with Gasteiger partial charge in [-0.3, -0.25) is 0 Å². The number of halogens is 1. The lowest BCUT2D eigenvalue weighted by Gasteiger charge is -2.16. The number of aliphatic hydroxyl groups excluding tert-OH is 1. The van der Waals surface area contributed by atoms with E-state index < -0.39 is 6.10 Å². The summed E-state index contributed by atoms with van der Waals surface area (Å²) in [4.78, 5) is 0. The SMILES string of the molecule is Cc1cccc(C)c1COc1ccc(Br)cc1C(C)O. The monoisotopic (exact) mass is 334 g/mol. The second-order valence-corrected chi connectivity index (χ2v) is 5.93. The van der Waals surface area contributed by atoms with Gasteiger partial charge in [-0.25, -0.2) is 0 Å². The van der Waals surface area contributed by atoms with E-state index in [1.807, 2.05) is 18.2 Å². The van der Waals surface area contributed by atoms with E-state index in [9.17, 15) is 5.11 Å². The Morgan fingerprint density at radius 3 is 2.40 bits per heavy atom. The van der Waals surface area contributed by atoms with Crippen LogP contribution in [0.15, 0.2) is 40.9 Å². The maximum atomic E-state index is 9.83. The molecule has 20 heavy (non-hydrogen) atoms. The molecule has 3 heteroatoms. The molecule has 0 radical (unpaired) electrons. The normalized spacial score (nSPS) is 12.2. The van der Waals surface area contributed by atoms with Gasteiger partial charge < -0.3 is 9.84 Å². The molecule has 0 saturated carbocycles. The second kappa shape index (κ2) is 6.42. The van der Waals surface area contributed by atoms with Gasteiger partial charge in [-0.15, -0.1) is 0 Å². The predicted octanol–water partition coefficient (Wildman–Crippen LogP) is 4.70. The van der Waals surface area contributed by atoms with E-state index in [0.29, 0.717) is 6.61 Å². The van der Waals surface area contributed by atoms with Crippen molar-refractivity contribution in [3.05, 3.63) is 63.1 Å². The number of benzene rings is 2. The Balaban J connectivity index is 2.23. The van der Waals surface area contributed by atoms with Crippen LogP contribution in [-0.4, -0.2) is 5.11 Å². The molecule has 2 aromatic carbocycles. The van der Waals surface area contributed by atoms with Crippen LogP contribution in [0.2, 0.25) is 0 Å². The number of hydrogen-bond acceptors (Lipinski definition) is 2. The van der Waals surface area contributed by atoms with Crippen LogP contribution in [0.4, 0.5) is 0 Å². The molecule has 0 aromatic heterocycles. The van der Waals surface area contributed by atoms with Gasteiger partial charge in [0.15, 0.2) is 0 Å². The Labute approximate surface area is 128 Å². The molecule has 0 aliphatic carbocycles. The van der Waals surface area contributed by atoms with Crippen LogP contribution >= 0.6 is 15.9 Å². The summed E-state index contributed by atoms with van der Waals surface area (Å²) in [6.07, 6.45) is -0.555. The van der Waals surface area contributed by atoms with Gasteiger partial charge in [-0.1, -0.05) is 34.1 Å². The van der Waals surface area contributed by atoms with E-state index in [1.165, 1.54) is 16.7 Å². The first kappa shape index (κ1) is 15.1. The third-order valence-corrected chi connectivity index (χ3v) is 3.93. The predicted molar refractivity (Wildman–Crippen MR) is 85.0 cm³/mol. The molecule has 1 atom stereocenters. The van der Waals surface area contributed by atoms with E-state index in [0.717, 1.165) is 15.8 Å². The minimum atomic E-state index is -0.555. The van der Waals surface area contributed by atoms with Crippen molar-refractivity contribution in [1.82, 2.24) is 0 Å². The van der Waals surface area contributed by atoms with Crippen LogP contribution in [0.5, 0.6) is 5.75 Å². The maximum absolute atomic E-state index is 9.83. The van der Waals surface area contributed by atoms with Crippen LogP contribution in [0, 0.1) is 13.8 Å². The van der Waals surface area contributed by atoms with Crippen LogP contribution in [0.1, 0.15) is 35.3 Å². The molecule has 106 valence electrons. The van der Waals surface area contributed by atoms with Gasteiger partial charge in [0.25, 0.3) is 0 Å². The first-order chi connectivity index (χ1) is 9.49. The molecule has 0 bridgehead atoms. The number of aliphatic hydroxyl groups is 1. The van der Waals surface area contributed by atoms with Crippen LogP contribution in [0.3, 0.4) is 0 Å². The Morgan fingerprint density at radius 2 is 1.80 bits per heavy atom. The van der Waals surface area contributed by atoms with Gasteiger partial charge in [0, 0.05) is 10.0 Å². The lowest BCUT2D eigenvalue weighted by atomic mass is 10.0. The topological polar surface area (TPSA) is 29.5 Å². The van der Waals surface area contributed by atoms with Crippen molar-refractivity contribution in [2.75, 3.05) is 0 Å². The van der Waals surface area contributed by atoms with Crippen LogP contribution in [-0.2, 0) is 6.61 Å². The molecular formula is C17H19BrO2. The first-order valence-electron chi connectivity index (χ1n) is 6.64. The highest BCUT2D eigenvalue weighted by atomic mass is 79.9. The summed E-state index contributed by atoms with van der Waals surface area (Å²) in [6.45, 7) is 6.43. The molecule has 0 fully saturated rings. The molecule has 1 unspecified atom stereocenters. The Kier molecular flexibility index (Phi) is 4.84. The third kappa shape index (κ3) is 3.41. The number of ether oxygens (including phenoxy) is 1. The van der Waals surface area contributed by atoms with Gasteiger partial charge in [0.1, 0.15) is 12.4 Å². The fourth-order valence-electron chi connectivity index (χ4n) is 2.20. The number of rotatable bonds is 4. The zero-order valence-electron chi connectivity index (χ0n) is 12.0. The summed E-state index contributed by atoms with van der Waals surface area (Å²) in [5.41, 5.74) is 4.44. The van der Waals surface area contributed by atoms with E-state index in [1.54, 1.807) is 6.92 Å². The first-order valence-corrected chi connectivity index (χ1v) is 7.43. The van der Waals surface area contributed by atoms with E-state index >= 15 is 0 Å². The van der Waals surface area contributed by atoms with E-state index in [2.05, 4.69) is 48.0 Å². The van der Waals surface area contributed by atoms with E-state index in [4.69, 9.17) is 4.74 Å². The van der Waals surface area contributed by atoms with Crippen molar-refractivity contribution >= 4 is 15.9 Å². The summed E-state index contributed by atoms with van der Waals surface area (Å²) in [6, 6.07) is 11.9. The molecule has 2 aromatic rings. The molecule has 0 heterocycles. The van der Waals surface area contributed by atoms with Crippen molar-refractivity contribution in [1.29, 1.82) is 0 Å². The summed E-state index contributed by atoms with van der Waals surface area (Å²) in [7, 11) is 0. The van der Waals surface area contributed by atoms with Crippen LogP contribution in [0.25, 0.3) is 0 Å². The number of hydrogen-bond donors (Lipinski definition) is 1. The zero-order valence-corrected chi connectivity index (χ0v) is 13.6. The Morgan fingerprint density at radius 1 is 1.15 bits per heavy atom. The molecule has 1 N–H and O–H groups in total. The average Bonchev–Trinajstić information content (AvgIpc) is 2.39. The highest BCUT2D eigenvalue weighted by molar-refractivity contribution is 9.10. The lowest BCUT2D eigenvalue weighted by Crippen LogP contribution is -2.03. The van der Waals surface area contributed by atoms with Crippen LogP contribution < -0.4 is 4.74 Å². The quantitative estimate of drug-likeness (QED) is 0.878. The molecule has 0 saturated heterocycles. The highest BCUT2D eigenvalue weighted by Gasteiger charge is 2.11. The van der Waals surface area contributed by atoms with Crippen molar-refractivity contribution in [2.45, 2.75) is 33.5 Å². The molecular weight excluding hydrogens is 316 g/mol. The molecule has 0 amide bonds. The molecule has 0 aliphatic rings. The standard InChI is InChI=1S/C17H19BrO2/c1-11-5-4-6-12(2)16(11)10-20-17-8-7-14(18)9-15(17)13(3)19/h4-9,13,19H,10H2,1-3H3. The lowest BCUT2D eigenvalue weighted by molar-refractivity contribution is 0.190. The summed E-state index contributed by atoms with van der Waals surface area (Å²) >= 11 is 3.42. The van der Waals surface area contributed by atoms with Crippen molar-refractivity contribution in [3.8, 4) is 5.75 Å². The zero-order chi connectivity index (χ0) is 14.7. The van der Waals surface area contributed by atoms with E-state index in [-0.39, 0.29) is 0 Å². The highest BCUT2D eigenvalue weighted by Crippen LogP contribution is 2.29. The summed E-state index contributed by atoms with van der Waals surface area (Å²) in [5.74, 6) is 0.728. The Hall–Kier alpha value is -1.32. The maximum Gasteiger partial charge on any atom is 0.125 e. The largest absolute Gasteiger partial charge is 0.489 e. The van der Waals surface area contributed by atoms with Gasteiger partial charge >= 0.3 is 0 Å². The molecule has 2 nitrogen and oxygen atoms in total.